The molecule has 2 rings (SSSR count). The molecule has 0 saturated heterocycles. The minimum atomic E-state index is -0.568. The van der Waals surface area contributed by atoms with E-state index in [1.54, 1.807) is 24.3 Å². The molecule has 2 aromatic carbocycles. The highest BCUT2D eigenvalue weighted by atomic mass is 35.5. The first-order valence-corrected chi connectivity index (χ1v) is 6.16. The van der Waals surface area contributed by atoms with Crippen molar-refractivity contribution in [2.24, 2.45) is 0 Å². The molecule has 0 aliphatic rings. The summed E-state index contributed by atoms with van der Waals surface area (Å²) in [4.78, 5) is 11.7. The van der Waals surface area contributed by atoms with Crippen molar-refractivity contribution in [2.75, 3.05) is 17.7 Å². The number of amides is 1. The fourth-order valence-corrected chi connectivity index (χ4v) is 1.71. The first-order valence-electron chi connectivity index (χ1n) is 5.78. The molecule has 0 aromatic heterocycles. The molecule has 0 radical (unpaired) electrons. The number of benzene rings is 2. The standard InChI is InChI=1S/C14H12ClFN2O2/c15-9-5-6-10(16)12(7-9)18-14(19)8-20-13-4-2-1-3-11(13)17/h1-7H,8,17H2,(H,18,19). The zero-order valence-electron chi connectivity index (χ0n) is 10.4. The summed E-state index contributed by atoms with van der Waals surface area (Å²) in [6.07, 6.45) is 0. The summed E-state index contributed by atoms with van der Waals surface area (Å²) in [5, 5.41) is 2.71. The summed E-state index contributed by atoms with van der Waals surface area (Å²) >= 11 is 5.73. The topological polar surface area (TPSA) is 64.3 Å². The number of rotatable bonds is 4. The second-order valence-corrected chi connectivity index (χ2v) is 4.44. The first-order chi connectivity index (χ1) is 9.56. The molecule has 0 spiro atoms. The van der Waals surface area contributed by atoms with Gasteiger partial charge >= 0.3 is 0 Å². The molecule has 0 heterocycles. The molecule has 2 aromatic rings. The summed E-state index contributed by atoms with van der Waals surface area (Å²) < 4.78 is 18.7. The van der Waals surface area contributed by atoms with E-state index >= 15 is 0 Å². The van der Waals surface area contributed by atoms with Gasteiger partial charge in [0, 0.05) is 5.02 Å². The van der Waals surface area contributed by atoms with Crippen LogP contribution in [0, 0.1) is 5.82 Å². The molecule has 3 N–H and O–H groups in total. The number of nitrogens with one attached hydrogen (secondary N) is 1. The predicted octanol–water partition coefficient (Wildman–Crippen LogP) is 3.08. The van der Waals surface area contributed by atoms with E-state index in [1.165, 1.54) is 18.2 Å². The highest BCUT2D eigenvalue weighted by Gasteiger charge is 2.09. The van der Waals surface area contributed by atoms with E-state index < -0.39 is 11.7 Å². The minimum Gasteiger partial charge on any atom is -0.482 e. The van der Waals surface area contributed by atoms with E-state index in [4.69, 9.17) is 22.1 Å². The van der Waals surface area contributed by atoms with Gasteiger partial charge in [0.2, 0.25) is 0 Å². The zero-order chi connectivity index (χ0) is 14.5. The number of halogens is 2. The molecular formula is C14H12ClFN2O2. The lowest BCUT2D eigenvalue weighted by Crippen LogP contribution is -2.21. The third-order valence-electron chi connectivity index (χ3n) is 2.48. The zero-order valence-corrected chi connectivity index (χ0v) is 11.2. The Morgan fingerprint density at radius 2 is 2.05 bits per heavy atom. The Labute approximate surface area is 120 Å². The third kappa shape index (κ3) is 3.61. The number of para-hydroxylation sites is 2. The van der Waals surface area contributed by atoms with Gasteiger partial charge < -0.3 is 15.8 Å². The van der Waals surface area contributed by atoms with Gasteiger partial charge in [0.25, 0.3) is 5.91 Å². The van der Waals surface area contributed by atoms with Crippen LogP contribution in [0.4, 0.5) is 15.8 Å². The maximum atomic E-state index is 13.4. The van der Waals surface area contributed by atoms with Crippen LogP contribution in [0.2, 0.25) is 5.02 Å². The molecular weight excluding hydrogens is 283 g/mol. The van der Waals surface area contributed by atoms with Crippen LogP contribution in [-0.2, 0) is 4.79 Å². The van der Waals surface area contributed by atoms with Crippen molar-refractivity contribution in [3.05, 3.63) is 53.3 Å². The van der Waals surface area contributed by atoms with E-state index in [0.717, 1.165) is 0 Å². The fourth-order valence-electron chi connectivity index (χ4n) is 1.53. The Bertz CT molecular complexity index is 634. The summed E-state index contributed by atoms with van der Waals surface area (Å²) in [5.41, 5.74) is 6.10. The van der Waals surface area contributed by atoms with Gasteiger partial charge in [-0.3, -0.25) is 4.79 Å². The summed E-state index contributed by atoms with van der Waals surface area (Å²) in [7, 11) is 0. The number of carbonyl (C=O) groups is 1. The number of hydrogen-bond donors (Lipinski definition) is 2. The van der Waals surface area contributed by atoms with Gasteiger partial charge in [-0.05, 0) is 30.3 Å². The van der Waals surface area contributed by atoms with Crippen LogP contribution in [0.3, 0.4) is 0 Å². The highest BCUT2D eigenvalue weighted by Crippen LogP contribution is 2.21. The number of hydrogen-bond acceptors (Lipinski definition) is 3. The second kappa shape index (κ2) is 6.25. The van der Waals surface area contributed by atoms with Crippen LogP contribution < -0.4 is 15.8 Å². The minimum absolute atomic E-state index is 0.00661. The normalized spacial score (nSPS) is 10.1. The van der Waals surface area contributed by atoms with E-state index in [1.807, 2.05) is 0 Å². The molecule has 0 fully saturated rings. The van der Waals surface area contributed by atoms with Crippen LogP contribution in [-0.4, -0.2) is 12.5 Å². The quantitative estimate of drug-likeness (QED) is 0.852. The van der Waals surface area contributed by atoms with Gasteiger partial charge in [-0.1, -0.05) is 23.7 Å². The number of nitrogen functional groups attached to an aromatic ring is 1. The molecule has 104 valence electrons. The van der Waals surface area contributed by atoms with Crippen molar-refractivity contribution in [2.45, 2.75) is 0 Å². The monoisotopic (exact) mass is 294 g/mol. The predicted molar refractivity (Wildman–Crippen MR) is 76.4 cm³/mol. The Morgan fingerprint density at radius 1 is 1.30 bits per heavy atom. The average molecular weight is 295 g/mol. The van der Waals surface area contributed by atoms with Crippen LogP contribution in [0.5, 0.6) is 5.75 Å². The van der Waals surface area contributed by atoms with E-state index in [2.05, 4.69) is 5.32 Å². The summed E-state index contributed by atoms with van der Waals surface area (Å²) in [6, 6.07) is 10.7. The number of ether oxygens (including phenoxy) is 1. The summed E-state index contributed by atoms with van der Waals surface area (Å²) in [5.74, 6) is -0.675. The van der Waals surface area contributed by atoms with E-state index in [0.29, 0.717) is 16.5 Å². The molecule has 20 heavy (non-hydrogen) atoms. The van der Waals surface area contributed by atoms with Crippen molar-refractivity contribution in [3.63, 3.8) is 0 Å². The van der Waals surface area contributed by atoms with Gasteiger partial charge in [0.15, 0.2) is 6.61 Å². The molecule has 0 atom stereocenters. The van der Waals surface area contributed by atoms with Gasteiger partial charge in [-0.15, -0.1) is 0 Å². The van der Waals surface area contributed by atoms with Crippen LogP contribution >= 0.6 is 11.6 Å². The number of nitrogens with two attached hydrogens (primary N) is 1. The lowest BCUT2D eigenvalue weighted by molar-refractivity contribution is -0.118. The Hall–Kier alpha value is -2.27. The highest BCUT2D eigenvalue weighted by molar-refractivity contribution is 6.30. The van der Waals surface area contributed by atoms with Gasteiger partial charge in [0.05, 0.1) is 11.4 Å². The van der Waals surface area contributed by atoms with Crippen molar-refractivity contribution in [1.29, 1.82) is 0 Å². The maximum absolute atomic E-state index is 13.4. The number of carbonyl (C=O) groups excluding carboxylic acids is 1. The van der Waals surface area contributed by atoms with Crippen molar-refractivity contribution in [1.82, 2.24) is 0 Å². The maximum Gasteiger partial charge on any atom is 0.262 e. The average Bonchev–Trinajstić information content (AvgIpc) is 2.42. The third-order valence-corrected chi connectivity index (χ3v) is 2.72. The second-order valence-electron chi connectivity index (χ2n) is 4.00. The van der Waals surface area contributed by atoms with Gasteiger partial charge in [-0.25, -0.2) is 4.39 Å². The number of anilines is 2. The van der Waals surface area contributed by atoms with Gasteiger partial charge in [-0.2, -0.15) is 0 Å². The molecule has 0 aliphatic heterocycles. The molecule has 0 aliphatic carbocycles. The van der Waals surface area contributed by atoms with Crippen molar-refractivity contribution < 1.29 is 13.9 Å². The van der Waals surface area contributed by atoms with Gasteiger partial charge in [0.1, 0.15) is 11.6 Å². The Kier molecular flexibility index (Phi) is 4.42. The molecule has 0 saturated carbocycles. The van der Waals surface area contributed by atoms with Crippen LogP contribution in [0.15, 0.2) is 42.5 Å². The lowest BCUT2D eigenvalue weighted by Gasteiger charge is -2.09. The molecule has 6 heteroatoms. The largest absolute Gasteiger partial charge is 0.482 e. The van der Waals surface area contributed by atoms with Crippen molar-refractivity contribution >= 4 is 28.9 Å². The van der Waals surface area contributed by atoms with Crippen molar-refractivity contribution in [3.8, 4) is 5.75 Å². The Balaban J connectivity index is 1.96. The van der Waals surface area contributed by atoms with Crippen LogP contribution in [0.1, 0.15) is 0 Å². The van der Waals surface area contributed by atoms with E-state index in [-0.39, 0.29) is 12.3 Å². The van der Waals surface area contributed by atoms with Crippen LogP contribution in [0.25, 0.3) is 0 Å². The Morgan fingerprint density at radius 3 is 2.80 bits per heavy atom. The smallest absolute Gasteiger partial charge is 0.262 e. The lowest BCUT2D eigenvalue weighted by atomic mass is 10.3. The fraction of sp³-hybridized carbons (Fsp3) is 0.0714. The molecule has 1 amide bonds. The molecule has 0 bridgehead atoms. The van der Waals surface area contributed by atoms with E-state index in [9.17, 15) is 9.18 Å². The summed E-state index contributed by atoms with van der Waals surface area (Å²) in [6.45, 7) is -0.278. The SMILES string of the molecule is Nc1ccccc1OCC(=O)Nc1cc(Cl)ccc1F. The molecule has 4 nitrogen and oxygen atoms in total. The molecule has 0 unspecified atom stereocenters. The first kappa shape index (κ1) is 14.1.